The van der Waals surface area contributed by atoms with Gasteiger partial charge in [0.05, 0.1) is 18.8 Å². The number of amides is 1. The molecule has 2 atom stereocenters. The average Bonchev–Trinajstić information content (AvgIpc) is 2.75. The van der Waals surface area contributed by atoms with Crippen LogP contribution in [0.4, 0.5) is 0 Å². The van der Waals surface area contributed by atoms with Gasteiger partial charge < -0.3 is 15.5 Å². The minimum atomic E-state index is -0.833. The highest BCUT2D eigenvalue weighted by molar-refractivity contribution is 5.76. The molecule has 30 heavy (non-hydrogen) atoms. The predicted octanol–water partition coefficient (Wildman–Crippen LogP) is 6.22. The normalized spacial score (nSPS) is 13.9. The summed E-state index contributed by atoms with van der Waals surface area (Å²) < 4.78 is 0. The molecule has 0 aromatic heterocycles. The van der Waals surface area contributed by atoms with Crippen molar-refractivity contribution >= 4 is 5.91 Å². The number of aliphatic hydroxyl groups excluding tert-OH is 2. The predicted molar refractivity (Wildman–Crippen MR) is 129 cm³/mol. The zero-order valence-electron chi connectivity index (χ0n) is 19.8. The van der Waals surface area contributed by atoms with Crippen LogP contribution >= 0.6 is 0 Å². The summed E-state index contributed by atoms with van der Waals surface area (Å²) in [5.41, 5.74) is 0. The van der Waals surface area contributed by atoms with Gasteiger partial charge in [0.25, 0.3) is 0 Å². The molecular formula is C26H49NO3. The number of allylic oxidation sites excluding steroid dienone is 3. The van der Waals surface area contributed by atoms with Crippen molar-refractivity contribution in [3.8, 4) is 0 Å². The fourth-order valence-electron chi connectivity index (χ4n) is 3.40. The fourth-order valence-corrected chi connectivity index (χ4v) is 3.40. The Bertz CT molecular complexity index is 434. The first-order chi connectivity index (χ1) is 14.7. The van der Waals surface area contributed by atoms with Crippen LogP contribution in [0.2, 0.25) is 0 Å². The first kappa shape index (κ1) is 28.9. The van der Waals surface area contributed by atoms with E-state index in [1.807, 2.05) is 6.08 Å². The molecule has 0 aliphatic heterocycles. The summed E-state index contributed by atoms with van der Waals surface area (Å²) >= 11 is 0. The number of hydrogen-bond donors (Lipinski definition) is 3. The lowest BCUT2D eigenvalue weighted by Crippen LogP contribution is -2.45. The smallest absolute Gasteiger partial charge is 0.220 e. The summed E-state index contributed by atoms with van der Waals surface area (Å²) in [7, 11) is 0. The lowest BCUT2D eigenvalue weighted by Gasteiger charge is -2.20. The first-order valence-electron chi connectivity index (χ1n) is 12.6. The van der Waals surface area contributed by atoms with E-state index < -0.39 is 12.1 Å². The maximum atomic E-state index is 12.1. The molecule has 176 valence electrons. The minimum Gasteiger partial charge on any atom is -0.394 e. The van der Waals surface area contributed by atoms with Gasteiger partial charge in [0.15, 0.2) is 0 Å². The molecule has 4 nitrogen and oxygen atoms in total. The largest absolute Gasteiger partial charge is 0.394 e. The molecule has 0 aliphatic carbocycles. The Morgan fingerprint density at radius 2 is 1.27 bits per heavy atom. The van der Waals surface area contributed by atoms with Gasteiger partial charge in [-0.3, -0.25) is 4.79 Å². The fraction of sp³-hybridized carbons (Fsp3) is 0.808. The minimum absolute atomic E-state index is 0.0838. The van der Waals surface area contributed by atoms with Crippen LogP contribution in [0.5, 0.6) is 0 Å². The maximum Gasteiger partial charge on any atom is 0.220 e. The van der Waals surface area contributed by atoms with E-state index in [9.17, 15) is 15.0 Å². The van der Waals surface area contributed by atoms with Gasteiger partial charge in [-0.2, -0.15) is 0 Å². The van der Waals surface area contributed by atoms with Crippen LogP contribution in [0.1, 0.15) is 117 Å². The third-order valence-corrected chi connectivity index (χ3v) is 5.43. The van der Waals surface area contributed by atoms with E-state index in [0.29, 0.717) is 6.42 Å². The van der Waals surface area contributed by atoms with E-state index in [2.05, 4.69) is 31.3 Å². The molecular weight excluding hydrogens is 374 g/mol. The molecule has 0 rings (SSSR count). The van der Waals surface area contributed by atoms with E-state index in [4.69, 9.17) is 0 Å². The van der Waals surface area contributed by atoms with Crippen molar-refractivity contribution in [2.75, 3.05) is 6.61 Å². The molecule has 0 aliphatic rings. The highest BCUT2D eigenvalue weighted by Gasteiger charge is 2.17. The number of rotatable bonds is 21. The van der Waals surface area contributed by atoms with E-state index in [1.165, 1.54) is 57.8 Å². The maximum absolute atomic E-state index is 12.1. The van der Waals surface area contributed by atoms with Crippen molar-refractivity contribution in [3.63, 3.8) is 0 Å². The van der Waals surface area contributed by atoms with Gasteiger partial charge in [-0.15, -0.1) is 0 Å². The summed E-state index contributed by atoms with van der Waals surface area (Å²) in [5.74, 6) is -0.0838. The van der Waals surface area contributed by atoms with E-state index in [1.54, 1.807) is 6.08 Å². The number of aliphatic hydroxyl groups is 2. The van der Waals surface area contributed by atoms with Crippen LogP contribution in [0, 0.1) is 0 Å². The van der Waals surface area contributed by atoms with Crippen LogP contribution in [-0.2, 0) is 4.79 Å². The lowest BCUT2D eigenvalue weighted by atomic mass is 10.1. The molecule has 0 spiro atoms. The zero-order chi connectivity index (χ0) is 22.3. The molecule has 0 saturated heterocycles. The Morgan fingerprint density at radius 3 is 1.90 bits per heavy atom. The summed E-state index contributed by atoms with van der Waals surface area (Å²) in [6.45, 7) is 4.17. The molecule has 2 unspecified atom stereocenters. The second kappa shape index (κ2) is 22.6. The molecule has 4 heteroatoms. The van der Waals surface area contributed by atoms with Gasteiger partial charge >= 0.3 is 0 Å². The zero-order valence-corrected chi connectivity index (χ0v) is 19.8. The monoisotopic (exact) mass is 423 g/mol. The van der Waals surface area contributed by atoms with E-state index in [0.717, 1.165) is 38.5 Å². The number of hydrogen-bond acceptors (Lipinski definition) is 3. The quantitative estimate of drug-likeness (QED) is 0.152. The van der Waals surface area contributed by atoms with Gasteiger partial charge in [-0.1, -0.05) is 89.5 Å². The number of carbonyl (C=O) groups excluding carboxylic acids is 1. The number of nitrogens with one attached hydrogen (secondary N) is 1. The van der Waals surface area contributed by atoms with Crippen molar-refractivity contribution in [3.05, 3.63) is 24.3 Å². The van der Waals surface area contributed by atoms with Crippen molar-refractivity contribution in [1.29, 1.82) is 0 Å². The molecule has 1 amide bonds. The van der Waals surface area contributed by atoms with Gasteiger partial charge in [-0.25, -0.2) is 0 Å². The third kappa shape index (κ3) is 18.9. The van der Waals surface area contributed by atoms with Gasteiger partial charge in [-0.05, 0) is 44.9 Å². The van der Waals surface area contributed by atoms with Gasteiger partial charge in [0.2, 0.25) is 5.91 Å². The number of unbranched alkanes of at least 4 members (excludes halogenated alkanes) is 12. The van der Waals surface area contributed by atoms with Crippen LogP contribution in [0.25, 0.3) is 0 Å². The molecule has 0 fully saturated rings. The second-order valence-electron chi connectivity index (χ2n) is 8.40. The summed E-state index contributed by atoms with van der Waals surface area (Å²) in [6.07, 6.45) is 25.4. The SMILES string of the molecule is CCCCC/C=C\CCCCCCCC(=O)NC(CO)C(O)/C=C/CCCCCC. The molecule has 0 bridgehead atoms. The molecule has 0 aromatic carbocycles. The summed E-state index contributed by atoms with van der Waals surface area (Å²) in [4.78, 5) is 12.1. The van der Waals surface area contributed by atoms with Gasteiger partial charge in [0.1, 0.15) is 0 Å². The molecule has 3 N–H and O–H groups in total. The van der Waals surface area contributed by atoms with Crippen LogP contribution in [0.3, 0.4) is 0 Å². The Labute approximate surface area is 186 Å². The Kier molecular flexibility index (Phi) is 21.7. The molecule has 0 heterocycles. The molecule has 0 aromatic rings. The lowest BCUT2D eigenvalue weighted by molar-refractivity contribution is -0.123. The molecule has 0 saturated carbocycles. The highest BCUT2D eigenvalue weighted by atomic mass is 16.3. The Hall–Kier alpha value is -1.13. The Balaban J connectivity index is 3.73. The van der Waals surface area contributed by atoms with Crippen molar-refractivity contribution < 1.29 is 15.0 Å². The summed E-state index contributed by atoms with van der Waals surface area (Å²) in [5, 5.41) is 22.4. The summed E-state index contributed by atoms with van der Waals surface area (Å²) in [6, 6.07) is -0.617. The van der Waals surface area contributed by atoms with Crippen molar-refractivity contribution in [2.45, 2.75) is 129 Å². The molecule has 0 radical (unpaired) electrons. The first-order valence-corrected chi connectivity index (χ1v) is 12.6. The third-order valence-electron chi connectivity index (χ3n) is 5.43. The standard InChI is InChI=1S/C26H49NO3/c1-3-5-7-9-11-12-13-14-15-16-18-20-22-26(30)27-24(23-28)25(29)21-19-17-10-8-6-4-2/h11-12,19,21,24-25,28-29H,3-10,13-18,20,22-23H2,1-2H3,(H,27,30)/b12-11-,21-19+. The van der Waals surface area contributed by atoms with Gasteiger partial charge in [0, 0.05) is 6.42 Å². The topological polar surface area (TPSA) is 69.6 Å². The Morgan fingerprint density at radius 1 is 0.767 bits per heavy atom. The number of carbonyl (C=O) groups is 1. The second-order valence-corrected chi connectivity index (χ2v) is 8.40. The highest BCUT2D eigenvalue weighted by Crippen LogP contribution is 2.09. The van der Waals surface area contributed by atoms with Crippen LogP contribution in [0.15, 0.2) is 24.3 Å². The van der Waals surface area contributed by atoms with Crippen molar-refractivity contribution in [1.82, 2.24) is 5.32 Å². The average molecular weight is 424 g/mol. The van der Waals surface area contributed by atoms with E-state index >= 15 is 0 Å². The van der Waals surface area contributed by atoms with Crippen LogP contribution < -0.4 is 5.32 Å². The van der Waals surface area contributed by atoms with Crippen LogP contribution in [-0.4, -0.2) is 34.9 Å². The van der Waals surface area contributed by atoms with E-state index in [-0.39, 0.29) is 12.5 Å². The van der Waals surface area contributed by atoms with Crippen molar-refractivity contribution in [2.24, 2.45) is 0 Å².